The Bertz CT molecular complexity index is 1860. The second kappa shape index (κ2) is 11.0. The molecule has 3 aromatic heterocycles. The molecule has 0 spiro atoms. The average Bonchev–Trinajstić information content (AvgIpc) is 3.72. The van der Waals surface area contributed by atoms with Gasteiger partial charge in [0.15, 0.2) is 23.0 Å². The van der Waals surface area contributed by atoms with Crippen LogP contribution in [0.4, 0.5) is 0 Å². The molecule has 3 aromatic carbocycles. The molecule has 0 amide bonds. The summed E-state index contributed by atoms with van der Waals surface area (Å²) in [7, 11) is 3.32. The van der Waals surface area contributed by atoms with E-state index in [-0.39, 0.29) is 0 Å². The van der Waals surface area contributed by atoms with Crippen molar-refractivity contribution in [2.45, 2.75) is 0 Å². The molecular weight excluding hydrogens is 597 g/mol. The third-order valence-corrected chi connectivity index (χ3v) is 9.59. The van der Waals surface area contributed by atoms with Crippen molar-refractivity contribution >= 4 is 33.7 Å². The molecule has 8 rings (SSSR count). The van der Waals surface area contributed by atoms with E-state index in [0.29, 0.717) is 26.4 Å². The maximum absolute atomic E-state index is 6.11. The lowest BCUT2D eigenvalue weighted by Gasteiger charge is -2.19. The Morgan fingerprint density at radius 3 is 1.36 bits per heavy atom. The van der Waals surface area contributed by atoms with E-state index in [9.17, 15) is 0 Å². The molecule has 44 heavy (non-hydrogen) atoms. The van der Waals surface area contributed by atoms with Crippen molar-refractivity contribution in [1.82, 2.24) is 9.97 Å². The van der Waals surface area contributed by atoms with Crippen molar-refractivity contribution in [3.05, 3.63) is 71.4 Å². The van der Waals surface area contributed by atoms with Crippen molar-refractivity contribution in [3.8, 4) is 77.9 Å². The predicted molar refractivity (Wildman–Crippen MR) is 172 cm³/mol. The zero-order valence-corrected chi connectivity index (χ0v) is 25.6. The van der Waals surface area contributed by atoms with Crippen molar-refractivity contribution in [3.63, 3.8) is 0 Å². The first-order valence-corrected chi connectivity index (χ1v) is 15.9. The lowest BCUT2D eigenvalue weighted by Crippen LogP contribution is -2.14. The molecule has 220 valence electrons. The van der Waals surface area contributed by atoms with Crippen LogP contribution in [0.3, 0.4) is 0 Å². The number of fused-ring (bicyclic) bond motifs is 3. The SMILES string of the molecule is COc1ccc(-c2nc3c(-c4scc5c4OCCO5)ccc(-c4scc5c4OCCO5)c3nc2-c2ccc(OC)cc2)cc1. The standard InChI is InChI=1S/C34H26N2O6S2/c1-37-21-7-3-19(4-8-21)27-28(20-5-9-22(38-2)10-6-20)36-30-24(34-32-26(18-44-34)40-14-16-42-32)12-11-23(29(30)35-27)33-31-25(17-43-33)39-13-15-41-31/h3-12,17-18H,13-16H2,1-2H3. The van der Waals surface area contributed by atoms with Crippen LogP contribution in [0, 0.1) is 0 Å². The molecule has 0 unspecified atom stereocenters. The fraction of sp³-hybridized carbons (Fsp3) is 0.176. The topological polar surface area (TPSA) is 81.2 Å². The molecule has 0 bridgehead atoms. The molecule has 0 aliphatic carbocycles. The number of thiophene rings is 2. The Labute approximate surface area is 261 Å². The van der Waals surface area contributed by atoms with E-state index in [0.717, 1.165) is 88.9 Å². The van der Waals surface area contributed by atoms with Gasteiger partial charge in [0.25, 0.3) is 0 Å². The van der Waals surface area contributed by atoms with Gasteiger partial charge in [0, 0.05) is 33.0 Å². The number of nitrogens with zero attached hydrogens (tertiary/aromatic N) is 2. The van der Waals surface area contributed by atoms with Gasteiger partial charge in [-0.3, -0.25) is 0 Å². The van der Waals surface area contributed by atoms with E-state index >= 15 is 0 Å². The van der Waals surface area contributed by atoms with Gasteiger partial charge < -0.3 is 28.4 Å². The third kappa shape index (κ3) is 4.49. The maximum Gasteiger partial charge on any atom is 0.180 e. The van der Waals surface area contributed by atoms with Gasteiger partial charge in [0.05, 0.1) is 46.4 Å². The normalized spacial score (nSPS) is 13.6. The lowest BCUT2D eigenvalue weighted by atomic mass is 10.00. The summed E-state index contributed by atoms with van der Waals surface area (Å²) in [5.74, 6) is 4.53. The van der Waals surface area contributed by atoms with E-state index in [1.165, 1.54) is 0 Å². The van der Waals surface area contributed by atoms with Crippen LogP contribution >= 0.6 is 22.7 Å². The van der Waals surface area contributed by atoms with E-state index in [4.69, 9.17) is 38.4 Å². The Morgan fingerprint density at radius 2 is 0.955 bits per heavy atom. The molecular formula is C34H26N2O6S2. The minimum Gasteiger partial charge on any atom is -0.497 e. The smallest absolute Gasteiger partial charge is 0.180 e. The minimum absolute atomic E-state index is 0.496. The maximum atomic E-state index is 6.11. The number of ether oxygens (including phenoxy) is 6. The van der Waals surface area contributed by atoms with E-state index in [1.54, 1.807) is 36.9 Å². The Kier molecular flexibility index (Phi) is 6.72. The van der Waals surface area contributed by atoms with Gasteiger partial charge in [-0.15, -0.1) is 22.7 Å². The van der Waals surface area contributed by atoms with E-state index in [1.807, 2.05) is 59.3 Å². The van der Waals surface area contributed by atoms with Crippen LogP contribution in [0.1, 0.15) is 0 Å². The first kappa shape index (κ1) is 26.8. The Morgan fingerprint density at radius 1 is 0.545 bits per heavy atom. The van der Waals surface area contributed by atoms with Crippen LogP contribution in [-0.2, 0) is 0 Å². The lowest BCUT2D eigenvalue weighted by molar-refractivity contribution is 0.174. The van der Waals surface area contributed by atoms with Crippen molar-refractivity contribution in [1.29, 1.82) is 0 Å². The van der Waals surface area contributed by atoms with E-state index < -0.39 is 0 Å². The van der Waals surface area contributed by atoms with Crippen LogP contribution in [0.2, 0.25) is 0 Å². The quantitative estimate of drug-likeness (QED) is 0.185. The Hall–Kier alpha value is -4.80. The second-order valence-electron chi connectivity index (χ2n) is 10.1. The summed E-state index contributed by atoms with van der Waals surface area (Å²) in [6.45, 7) is 2.05. The van der Waals surface area contributed by atoms with Gasteiger partial charge >= 0.3 is 0 Å². The molecule has 10 heteroatoms. The summed E-state index contributed by atoms with van der Waals surface area (Å²) in [6, 6.07) is 20.0. The second-order valence-corrected chi connectivity index (χ2v) is 11.9. The van der Waals surface area contributed by atoms with Crippen LogP contribution in [0.15, 0.2) is 71.4 Å². The summed E-state index contributed by atoms with van der Waals surface area (Å²) in [4.78, 5) is 12.7. The van der Waals surface area contributed by atoms with Crippen LogP contribution in [0.25, 0.3) is 54.4 Å². The number of methoxy groups -OCH3 is 2. The molecule has 2 aliphatic heterocycles. The van der Waals surface area contributed by atoms with Gasteiger partial charge in [-0.05, 0) is 48.5 Å². The van der Waals surface area contributed by atoms with Crippen molar-refractivity contribution in [2.75, 3.05) is 40.6 Å². The molecule has 0 N–H and O–H groups in total. The zero-order chi connectivity index (χ0) is 29.6. The summed E-state index contributed by atoms with van der Waals surface area (Å²) < 4.78 is 34.9. The third-order valence-electron chi connectivity index (χ3n) is 7.64. The van der Waals surface area contributed by atoms with E-state index in [2.05, 4.69) is 12.1 Å². The molecule has 0 fully saturated rings. The number of hydrogen-bond acceptors (Lipinski definition) is 10. The highest BCUT2D eigenvalue weighted by atomic mass is 32.1. The van der Waals surface area contributed by atoms with Gasteiger partial charge in [0.1, 0.15) is 37.9 Å². The first-order valence-electron chi connectivity index (χ1n) is 14.1. The molecule has 2 aliphatic rings. The van der Waals surface area contributed by atoms with Gasteiger partial charge in [-0.25, -0.2) is 9.97 Å². The minimum atomic E-state index is 0.496. The molecule has 0 radical (unpaired) electrons. The summed E-state index contributed by atoms with van der Waals surface area (Å²) >= 11 is 3.16. The number of benzene rings is 3. The van der Waals surface area contributed by atoms with Crippen LogP contribution in [-0.4, -0.2) is 50.6 Å². The highest BCUT2D eigenvalue weighted by molar-refractivity contribution is 7.15. The van der Waals surface area contributed by atoms with Gasteiger partial charge in [0.2, 0.25) is 0 Å². The summed E-state index contributed by atoms with van der Waals surface area (Å²) in [5, 5.41) is 3.99. The zero-order valence-electron chi connectivity index (χ0n) is 23.9. The van der Waals surface area contributed by atoms with Crippen molar-refractivity contribution in [2.24, 2.45) is 0 Å². The highest BCUT2D eigenvalue weighted by Gasteiger charge is 2.27. The predicted octanol–water partition coefficient (Wildman–Crippen LogP) is 7.98. The van der Waals surface area contributed by atoms with Crippen LogP contribution < -0.4 is 28.4 Å². The average molecular weight is 623 g/mol. The fourth-order valence-corrected chi connectivity index (χ4v) is 7.42. The summed E-state index contributed by atoms with van der Waals surface area (Å²) in [6.07, 6.45) is 0. The molecule has 0 saturated heterocycles. The Balaban J connectivity index is 1.43. The fourth-order valence-electron chi connectivity index (χ4n) is 5.50. The number of aromatic nitrogens is 2. The molecule has 8 nitrogen and oxygen atoms in total. The largest absolute Gasteiger partial charge is 0.497 e. The van der Waals surface area contributed by atoms with Gasteiger partial charge in [-0.1, -0.05) is 12.1 Å². The number of hydrogen-bond donors (Lipinski definition) is 0. The molecule has 6 aromatic rings. The first-order chi connectivity index (χ1) is 21.7. The molecule has 5 heterocycles. The van der Waals surface area contributed by atoms with Crippen LogP contribution in [0.5, 0.6) is 34.5 Å². The monoisotopic (exact) mass is 622 g/mol. The molecule has 0 atom stereocenters. The highest BCUT2D eigenvalue weighted by Crippen LogP contribution is 2.51. The summed E-state index contributed by atoms with van der Waals surface area (Å²) in [5.41, 5.74) is 6.68. The van der Waals surface area contributed by atoms with Crippen molar-refractivity contribution < 1.29 is 28.4 Å². The van der Waals surface area contributed by atoms with Gasteiger partial charge in [-0.2, -0.15) is 0 Å². The number of rotatable bonds is 6. The molecule has 0 saturated carbocycles.